The van der Waals surface area contributed by atoms with E-state index in [1.807, 2.05) is 12.1 Å². The number of aromatic nitrogens is 3. The standard InChI is InChI=1S/C14H17IN4O/c1-14(2,3)11-10(15)12(16)19-13(18-11)8-6-5-7-9(17-8)20-4/h5-7H,1-4H3,(H2,16,18,19). The van der Waals surface area contributed by atoms with Gasteiger partial charge in [0.25, 0.3) is 0 Å². The van der Waals surface area contributed by atoms with Gasteiger partial charge in [-0.1, -0.05) is 26.8 Å². The number of pyridine rings is 1. The Hall–Kier alpha value is -1.44. The Morgan fingerprint density at radius 2 is 1.85 bits per heavy atom. The minimum absolute atomic E-state index is 0.110. The van der Waals surface area contributed by atoms with Crippen LogP contribution in [0.5, 0.6) is 5.88 Å². The number of hydrogen-bond donors (Lipinski definition) is 1. The maximum atomic E-state index is 6.01. The van der Waals surface area contributed by atoms with Crippen molar-refractivity contribution in [3.05, 3.63) is 27.5 Å². The first-order chi connectivity index (χ1) is 9.32. The molecule has 6 heteroatoms. The maximum Gasteiger partial charge on any atom is 0.213 e. The second-order valence-corrected chi connectivity index (χ2v) is 6.49. The van der Waals surface area contributed by atoms with Gasteiger partial charge >= 0.3 is 0 Å². The summed E-state index contributed by atoms with van der Waals surface area (Å²) in [7, 11) is 1.58. The van der Waals surface area contributed by atoms with Crippen LogP contribution in [0, 0.1) is 3.57 Å². The minimum Gasteiger partial charge on any atom is -0.481 e. The Bertz CT molecular complexity index is 638. The SMILES string of the molecule is COc1cccc(-c2nc(N)c(I)c(C(C)(C)C)n2)n1. The number of halogens is 1. The number of nitrogens with two attached hydrogens (primary N) is 1. The number of hydrogen-bond acceptors (Lipinski definition) is 5. The van der Waals surface area contributed by atoms with Gasteiger partial charge in [0, 0.05) is 11.5 Å². The van der Waals surface area contributed by atoms with Crippen LogP contribution in [0.3, 0.4) is 0 Å². The summed E-state index contributed by atoms with van der Waals surface area (Å²) in [5, 5.41) is 0. The van der Waals surface area contributed by atoms with E-state index in [2.05, 4.69) is 58.3 Å². The highest BCUT2D eigenvalue weighted by atomic mass is 127. The van der Waals surface area contributed by atoms with Crippen LogP contribution in [0.1, 0.15) is 26.5 Å². The van der Waals surface area contributed by atoms with Crippen molar-refractivity contribution in [2.24, 2.45) is 0 Å². The van der Waals surface area contributed by atoms with E-state index in [9.17, 15) is 0 Å². The maximum absolute atomic E-state index is 6.01. The zero-order chi connectivity index (χ0) is 14.9. The van der Waals surface area contributed by atoms with Crippen LogP contribution in [0.2, 0.25) is 0 Å². The molecule has 2 aromatic heterocycles. The van der Waals surface area contributed by atoms with Crippen molar-refractivity contribution in [2.75, 3.05) is 12.8 Å². The lowest BCUT2D eigenvalue weighted by Gasteiger charge is -2.20. The van der Waals surface area contributed by atoms with E-state index in [1.165, 1.54) is 0 Å². The molecule has 0 fully saturated rings. The van der Waals surface area contributed by atoms with E-state index >= 15 is 0 Å². The lowest BCUT2D eigenvalue weighted by Crippen LogP contribution is -2.18. The fourth-order valence-corrected chi connectivity index (χ4v) is 2.78. The summed E-state index contributed by atoms with van der Waals surface area (Å²) in [6, 6.07) is 5.48. The molecule has 0 spiro atoms. The smallest absolute Gasteiger partial charge is 0.213 e. The molecular formula is C14H17IN4O. The third kappa shape index (κ3) is 3.00. The second-order valence-electron chi connectivity index (χ2n) is 5.41. The molecule has 2 aromatic rings. The topological polar surface area (TPSA) is 73.9 Å². The van der Waals surface area contributed by atoms with E-state index in [0.717, 1.165) is 9.26 Å². The zero-order valence-corrected chi connectivity index (χ0v) is 14.1. The largest absolute Gasteiger partial charge is 0.481 e. The van der Waals surface area contributed by atoms with Crippen LogP contribution < -0.4 is 10.5 Å². The van der Waals surface area contributed by atoms with Crippen molar-refractivity contribution >= 4 is 28.4 Å². The second kappa shape index (κ2) is 5.51. The van der Waals surface area contributed by atoms with Gasteiger partial charge in [0.15, 0.2) is 5.82 Å². The Balaban J connectivity index is 2.60. The minimum atomic E-state index is -0.110. The molecule has 20 heavy (non-hydrogen) atoms. The first-order valence-corrected chi connectivity index (χ1v) is 7.25. The molecule has 0 aliphatic carbocycles. The third-order valence-corrected chi connectivity index (χ3v) is 3.81. The van der Waals surface area contributed by atoms with E-state index < -0.39 is 0 Å². The first-order valence-electron chi connectivity index (χ1n) is 6.18. The van der Waals surface area contributed by atoms with Crippen LogP contribution in [-0.4, -0.2) is 22.1 Å². The van der Waals surface area contributed by atoms with Gasteiger partial charge in [0.05, 0.1) is 16.4 Å². The van der Waals surface area contributed by atoms with Crippen molar-refractivity contribution in [2.45, 2.75) is 26.2 Å². The lowest BCUT2D eigenvalue weighted by atomic mass is 9.92. The highest BCUT2D eigenvalue weighted by Gasteiger charge is 2.23. The number of anilines is 1. The molecule has 0 unspecified atom stereocenters. The Labute approximate surface area is 132 Å². The molecule has 5 nitrogen and oxygen atoms in total. The number of methoxy groups -OCH3 is 1. The number of nitrogen functional groups attached to an aromatic ring is 1. The summed E-state index contributed by atoms with van der Waals surface area (Å²) >= 11 is 2.19. The Kier molecular flexibility index (Phi) is 4.12. The molecule has 0 radical (unpaired) electrons. The van der Waals surface area contributed by atoms with Crippen molar-refractivity contribution in [1.29, 1.82) is 0 Å². The predicted molar refractivity (Wildman–Crippen MR) is 87.6 cm³/mol. The fraction of sp³-hybridized carbons (Fsp3) is 0.357. The summed E-state index contributed by atoms with van der Waals surface area (Å²) in [6.45, 7) is 6.29. The number of rotatable bonds is 2. The molecule has 0 saturated heterocycles. The van der Waals surface area contributed by atoms with E-state index in [-0.39, 0.29) is 5.41 Å². The molecule has 0 saturated carbocycles. The van der Waals surface area contributed by atoms with Crippen LogP contribution in [0.4, 0.5) is 5.82 Å². The van der Waals surface area contributed by atoms with Crippen molar-refractivity contribution < 1.29 is 4.74 Å². The zero-order valence-electron chi connectivity index (χ0n) is 11.9. The summed E-state index contributed by atoms with van der Waals surface area (Å²) in [6.07, 6.45) is 0. The van der Waals surface area contributed by atoms with Crippen LogP contribution >= 0.6 is 22.6 Å². The molecule has 0 aliphatic heterocycles. The van der Waals surface area contributed by atoms with E-state index in [1.54, 1.807) is 13.2 Å². The van der Waals surface area contributed by atoms with E-state index in [4.69, 9.17) is 10.5 Å². The van der Waals surface area contributed by atoms with Crippen LogP contribution in [-0.2, 0) is 5.41 Å². The summed E-state index contributed by atoms with van der Waals surface area (Å²) in [5.74, 6) is 1.53. The molecule has 0 aromatic carbocycles. The normalized spacial score (nSPS) is 11.4. The van der Waals surface area contributed by atoms with Crippen LogP contribution in [0.15, 0.2) is 18.2 Å². The fourth-order valence-electron chi connectivity index (χ4n) is 1.73. The number of ether oxygens (including phenoxy) is 1. The summed E-state index contributed by atoms with van der Waals surface area (Å²) in [4.78, 5) is 13.3. The van der Waals surface area contributed by atoms with Gasteiger partial charge in [-0.2, -0.15) is 0 Å². The molecule has 106 valence electrons. The highest BCUT2D eigenvalue weighted by Crippen LogP contribution is 2.30. The molecule has 2 heterocycles. The monoisotopic (exact) mass is 384 g/mol. The third-order valence-electron chi connectivity index (χ3n) is 2.75. The predicted octanol–water partition coefficient (Wildman–Crippen LogP) is 3.03. The molecule has 0 bridgehead atoms. The van der Waals surface area contributed by atoms with Crippen molar-refractivity contribution in [3.8, 4) is 17.4 Å². The van der Waals surface area contributed by atoms with Gasteiger partial charge in [0.1, 0.15) is 11.5 Å². The summed E-state index contributed by atoms with van der Waals surface area (Å²) in [5.41, 5.74) is 7.47. The molecule has 0 amide bonds. The van der Waals surface area contributed by atoms with E-state index in [0.29, 0.717) is 23.2 Å². The van der Waals surface area contributed by atoms with Gasteiger partial charge in [-0.05, 0) is 28.7 Å². The molecule has 0 aliphatic rings. The molecule has 0 atom stereocenters. The average Bonchev–Trinajstić information content (AvgIpc) is 2.40. The van der Waals surface area contributed by atoms with Gasteiger partial charge in [-0.15, -0.1) is 0 Å². The van der Waals surface area contributed by atoms with Crippen molar-refractivity contribution in [3.63, 3.8) is 0 Å². The Morgan fingerprint density at radius 1 is 1.15 bits per heavy atom. The summed E-state index contributed by atoms with van der Waals surface area (Å²) < 4.78 is 6.02. The van der Waals surface area contributed by atoms with Gasteiger partial charge in [0.2, 0.25) is 5.88 Å². The van der Waals surface area contributed by atoms with Gasteiger partial charge < -0.3 is 10.5 Å². The molecule has 2 rings (SSSR count). The van der Waals surface area contributed by atoms with Crippen molar-refractivity contribution in [1.82, 2.24) is 15.0 Å². The number of nitrogens with zero attached hydrogens (tertiary/aromatic N) is 3. The Morgan fingerprint density at radius 3 is 2.45 bits per heavy atom. The first kappa shape index (κ1) is 15.0. The van der Waals surface area contributed by atoms with Gasteiger partial charge in [-0.25, -0.2) is 15.0 Å². The lowest BCUT2D eigenvalue weighted by molar-refractivity contribution is 0.398. The molecule has 2 N–H and O–H groups in total. The van der Waals surface area contributed by atoms with Gasteiger partial charge in [-0.3, -0.25) is 0 Å². The average molecular weight is 384 g/mol. The molecular weight excluding hydrogens is 367 g/mol. The van der Waals surface area contributed by atoms with Crippen LogP contribution in [0.25, 0.3) is 11.5 Å². The quantitative estimate of drug-likeness (QED) is 0.806. The highest BCUT2D eigenvalue weighted by molar-refractivity contribution is 14.1.